The first-order chi connectivity index (χ1) is 14.4. The minimum Gasteiger partial charge on any atom is -0.495 e. The highest BCUT2D eigenvalue weighted by Gasteiger charge is 2.34. The summed E-state index contributed by atoms with van der Waals surface area (Å²) in [6.07, 6.45) is 0.887. The summed E-state index contributed by atoms with van der Waals surface area (Å²) in [7, 11) is 4.76. The molecule has 1 aliphatic heterocycles. The summed E-state index contributed by atoms with van der Waals surface area (Å²) >= 11 is 0. The molecule has 0 radical (unpaired) electrons. The van der Waals surface area contributed by atoms with Crippen molar-refractivity contribution < 1.29 is 23.8 Å². The van der Waals surface area contributed by atoms with Gasteiger partial charge in [0.15, 0.2) is 11.5 Å². The first kappa shape index (κ1) is 21.5. The smallest absolute Gasteiger partial charge is 0.229 e. The van der Waals surface area contributed by atoms with E-state index in [4.69, 9.17) is 14.2 Å². The number of amides is 2. The monoisotopic (exact) mass is 412 g/mol. The second kappa shape index (κ2) is 9.52. The molecule has 1 fully saturated rings. The number of aryl methyl sites for hydroxylation is 1. The molecule has 0 unspecified atom stereocenters. The molecule has 0 aliphatic carbocycles. The normalized spacial score (nSPS) is 15.8. The second-order valence-electron chi connectivity index (χ2n) is 7.37. The van der Waals surface area contributed by atoms with E-state index in [0.717, 1.165) is 11.1 Å². The molecule has 0 spiro atoms. The van der Waals surface area contributed by atoms with Crippen LogP contribution >= 0.6 is 0 Å². The maximum absolute atomic E-state index is 12.7. The third kappa shape index (κ3) is 4.84. The van der Waals surface area contributed by atoms with E-state index in [1.54, 1.807) is 26.2 Å². The molecule has 1 N–H and O–H groups in total. The topological polar surface area (TPSA) is 77.1 Å². The third-order valence-electron chi connectivity index (χ3n) is 5.32. The summed E-state index contributed by atoms with van der Waals surface area (Å²) < 4.78 is 15.9. The first-order valence-electron chi connectivity index (χ1n) is 9.89. The lowest BCUT2D eigenvalue weighted by atomic mass is 10.1. The number of methoxy groups -OCH3 is 3. The van der Waals surface area contributed by atoms with Crippen LogP contribution in [0.15, 0.2) is 36.4 Å². The van der Waals surface area contributed by atoms with Gasteiger partial charge in [-0.3, -0.25) is 9.59 Å². The van der Waals surface area contributed by atoms with Crippen LogP contribution in [0.1, 0.15) is 17.5 Å². The number of hydrogen-bond acceptors (Lipinski definition) is 5. The lowest BCUT2D eigenvalue weighted by molar-refractivity contribution is -0.128. The lowest BCUT2D eigenvalue weighted by Crippen LogP contribution is -2.30. The first-order valence-corrected chi connectivity index (χ1v) is 9.89. The van der Waals surface area contributed by atoms with Crippen molar-refractivity contribution >= 4 is 17.5 Å². The fraction of sp³-hybridized carbons (Fsp3) is 0.391. The fourth-order valence-corrected chi connectivity index (χ4v) is 3.62. The Hall–Kier alpha value is -3.22. The third-order valence-corrected chi connectivity index (χ3v) is 5.32. The molecule has 1 heterocycles. The zero-order valence-electron chi connectivity index (χ0n) is 17.9. The van der Waals surface area contributed by atoms with Gasteiger partial charge in [-0.2, -0.15) is 0 Å². The predicted molar refractivity (Wildman–Crippen MR) is 114 cm³/mol. The van der Waals surface area contributed by atoms with E-state index >= 15 is 0 Å². The SMILES string of the molecule is COc1ccc(C)cc1NC(=O)[C@@H]1CC(=O)N(CCc2ccc(OC)c(OC)c2)C1. The largest absolute Gasteiger partial charge is 0.495 e. The van der Waals surface area contributed by atoms with Crippen LogP contribution in [-0.4, -0.2) is 51.1 Å². The van der Waals surface area contributed by atoms with Crippen molar-refractivity contribution in [2.24, 2.45) is 5.92 Å². The molecule has 0 bridgehead atoms. The summed E-state index contributed by atoms with van der Waals surface area (Å²) in [5, 5.41) is 2.91. The zero-order valence-corrected chi connectivity index (χ0v) is 17.9. The summed E-state index contributed by atoms with van der Waals surface area (Å²) in [4.78, 5) is 26.9. The maximum Gasteiger partial charge on any atom is 0.229 e. The number of ether oxygens (including phenoxy) is 3. The van der Waals surface area contributed by atoms with Gasteiger partial charge in [-0.1, -0.05) is 12.1 Å². The Morgan fingerprint density at radius 2 is 1.73 bits per heavy atom. The Morgan fingerprint density at radius 3 is 2.43 bits per heavy atom. The number of likely N-dealkylation sites (tertiary alicyclic amines) is 1. The Kier molecular flexibility index (Phi) is 6.82. The van der Waals surface area contributed by atoms with Gasteiger partial charge >= 0.3 is 0 Å². The molecular weight excluding hydrogens is 384 g/mol. The van der Waals surface area contributed by atoms with Crippen LogP contribution in [0.3, 0.4) is 0 Å². The van der Waals surface area contributed by atoms with Crippen molar-refractivity contribution in [2.75, 3.05) is 39.7 Å². The molecule has 2 amide bonds. The van der Waals surface area contributed by atoms with E-state index in [9.17, 15) is 9.59 Å². The summed E-state index contributed by atoms with van der Waals surface area (Å²) in [6.45, 7) is 2.90. The minimum atomic E-state index is -0.381. The molecule has 0 saturated carbocycles. The molecule has 1 aliphatic rings. The number of anilines is 1. The minimum absolute atomic E-state index is 0.00756. The van der Waals surface area contributed by atoms with Gasteiger partial charge < -0.3 is 24.4 Å². The van der Waals surface area contributed by atoms with E-state index in [1.165, 1.54) is 0 Å². The molecule has 2 aromatic rings. The van der Waals surface area contributed by atoms with Crippen molar-refractivity contribution in [3.8, 4) is 17.2 Å². The average molecular weight is 412 g/mol. The van der Waals surface area contributed by atoms with Crippen molar-refractivity contribution in [2.45, 2.75) is 19.8 Å². The zero-order chi connectivity index (χ0) is 21.7. The molecular formula is C23H28N2O5. The summed E-state index contributed by atoms with van der Waals surface area (Å²) in [6, 6.07) is 11.3. The van der Waals surface area contributed by atoms with Gasteiger partial charge in [0, 0.05) is 19.5 Å². The van der Waals surface area contributed by atoms with Gasteiger partial charge in [-0.25, -0.2) is 0 Å². The van der Waals surface area contributed by atoms with E-state index < -0.39 is 0 Å². The molecule has 1 atom stereocenters. The van der Waals surface area contributed by atoms with Crippen LogP contribution < -0.4 is 19.5 Å². The number of carbonyl (C=O) groups excluding carboxylic acids is 2. The molecule has 0 aromatic heterocycles. The maximum atomic E-state index is 12.7. The number of nitrogens with one attached hydrogen (secondary N) is 1. The van der Waals surface area contributed by atoms with Crippen LogP contribution in [0.25, 0.3) is 0 Å². The van der Waals surface area contributed by atoms with Crippen LogP contribution in [-0.2, 0) is 16.0 Å². The predicted octanol–water partition coefficient (Wildman–Crippen LogP) is 3.05. The molecule has 3 rings (SSSR count). The number of carbonyl (C=O) groups is 2. The van der Waals surface area contributed by atoms with Gasteiger partial charge in [0.1, 0.15) is 5.75 Å². The van der Waals surface area contributed by atoms with E-state index in [0.29, 0.717) is 42.4 Å². The molecule has 30 heavy (non-hydrogen) atoms. The van der Waals surface area contributed by atoms with E-state index in [-0.39, 0.29) is 24.2 Å². The highest BCUT2D eigenvalue weighted by molar-refractivity contribution is 5.98. The van der Waals surface area contributed by atoms with Gasteiger partial charge in [0.2, 0.25) is 11.8 Å². The molecule has 1 saturated heterocycles. The van der Waals surface area contributed by atoms with Crippen molar-refractivity contribution in [1.82, 2.24) is 4.90 Å². The molecule has 2 aromatic carbocycles. The van der Waals surface area contributed by atoms with Crippen molar-refractivity contribution in [1.29, 1.82) is 0 Å². The Morgan fingerprint density at radius 1 is 1.03 bits per heavy atom. The number of rotatable bonds is 8. The van der Waals surface area contributed by atoms with E-state index in [2.05, 4.69) is 5.32 Å². The highest BCUT2D eigenvalue weighted by Crippen LogP contribution is 2.29. The molecule has 7 heteroatoms. The lowest BCUT2D eigenvalue weighted by Gasteiger charge is -2.17. The highest BCUT2D eigenvalue weighted by atomic mass is 16.5. The van der Waals surface area contributed by atoms with Gasteiger partial charge in [0.05, 0.1) is 32.9 Å². The Labute approximate surface area is 176 Å². The summed E-state index contributed by atoms with van der Waals surface area (Å²) in [5.41, 5.74) is 2.68. The van der Waals surface area contributed by atoms with Gasteiger partial charge in [0.25, 0.3) is 0 Å². The molecule has 7 nitrogen and oxygen atoms in total. The molecule has 160 valence electrons. The number of benzene rings is 2. The number of hydrogen-bond donors (Lipinski definition) is 1. The van der Waals surface area contributed by atoms with Crippen molar-refractivity contribution in [3.63, 3.8) is 0 Å². The van der Waals surface area contributed by atoms with Crippen LogP contribution in [0, 0.1) is 12.8 Å². The van der Waals surface area contributed by atoms with Crippen LogP contribution in [0.4, 0.5) is 5.69 Å². The Bertz CT molecular complexity index is 928. The number of nitrogens with zero attached hydrogens (tertiary/aromatic N) is 1. The summed E-state index contributed by atoms with van der Waals surface area (Å²) in [5.74, 6) is 1.37. The van der Waals surface area contributed by atoms with Crippen molar-refractivity contribution in [3.05, 3.63) is 47.5 Å². The average Bonchev–Trinajstić information content (AvgIpc) is 3.13. The second-order valence-corrected chi connectivity index (χ2v) is 7.37. The van der Waals surface area contributed by atoms with Crippen LogP contribution in [0.2, 0.25) is 0 Å². The Balaban J connectivity index is 1.60. The quantitative estimate of drug-likeness (QED) is 0.721. The fourth-order valence-electron chi connectivity index (χ4n) is 3.62. The van der Waals surface area contributed by atoms with Gasteiger partial charge in [-0.15, -0.1) is 0 Å². The standard InChI is InChI=1S/C23H28N2O5/c1-15-5-7-19(28-2)18(11-15)24-23(27)17-13-22(26)25(14-17)10-9-16-6-8-20(29-3)21(12-16)30-4/h5-8,11-12,17H,9-10,13-14H2,1-4H3,(H,24,27)/t17-/m1/s1. The van der Waals surface area contributed by atoms with Crippen LogP contribution in [0.5, 0.6) is 17.2 Å². The van der Waals surface area contributed by atoms with Gasteiger partial charge in [-0.05, 0) is 48.7 Å². The van der Waals surface area contributed by atoms with E-state index in [1.807, 2.05) is 43.3 Å².